The third-order valence-electron chi connectivity index (χ3n) is 4.95. The largest absolute Gasteiger partial charge is 0.398 e. The van der Waals surface area contributed by atoms with Gasteiger partial charge in [0.2, 0.25) is 5.91 Å². The molecule has 0 aliphatic heterocycles. The standard InChI is InChI=1S/C24H28N4O/c1-4-6-17(7-5-2)10-24(29)28-23-13-19-11-18(12-22(25)21(19)15-27-23)20-14-26-9-8-16(20)3/h8-15H,4-7,25H2,1-3H3,(H,27,28,29). The van der Waals surface area contributed by atoms with Crippen LogP contribution in [0.4, 0.5) is 11.5 Å². The topological polar surface area (TPSA) is 80.9 Å². The van der Waals surface area contributed by atoms with Gasteiger partial charge in [-0.1, -0.05) is 32.3 Å². The van der Waals surface area contributed by atoms with E-state index in [1.807, 2.05) is 31.3 Å². The Morgan fingerprint density at radius 2 is 1.90 bits per heavy atom. The predicted octanol–water partition coefficient (Wildman–Crippen LogP) is 5.65. The van der Waals surface area contributed by atoms with Crippen LogP contribution in [-0.2, 0) is 4.79 Å². The van der Waals surface area contributed by atoms with E-state index in [2.05, 4.69) is 35.2 Å². The molecule has 1 amide bonds. The molecule has 2 heterocycles. The molecule has 3 rings (SSSR count). The Labute approximate surface area is 172 Å². The van der Waals surface area contributed by atoms with E-state index in [4.69, 9.17) is 5.73 Å². The Balaban J connectivity index is 1.92. The summed E-state index contributed by atoms with van der Waals surface area (Å²) in [7, 11) is 0. The number of amides is 1. The Kier molecular flexibility index (Phi) is 6.60. The highest BCUT2D eigenvalue weighted by Crippen LogP contribution is 2.31. The molecular formula is C24H28N4O. The third-order valence-corrected chi connectivity index (χ3v) is 4.95. The van der Waals surface area contributed by atoms with Crippen LogP contribution in [0.5, 0.6) is 0 Å². The van der Waals surface area contributed by atoms with Gasteiger partial charge in [-0.2, -0.15) is 0 Å². The van der Waals surface area contributed by atoms with Gasteiger partial charge in [0, 0.05) is 41.3 Å². The van der Waals surface area contributed by atoms with Gasteiger partial charge >= 0.3 is 0 Å². The number of anilines is 2. The van der Waals surface area contributed by atoms with Crippen LogP contribution in [0.3, 0.4) is 0 Å². The number of carbonyl (C=O) groups is 1. The lowest BCUT2D eigenvalue weighted by molar-refractivity contribution is -0.112. The smallest absolute Gasteiger partial charge is 0.249 e. The summed E-state index contributed by atoms with van der Waals surface area (Å²) < 4.78 is 0. The molecule has 0 radical (unpaired) electrons. The number of nitrogens with zero attached hydrogens (tertiary/aromatic N) is 2. The average molecular weight is 389 g/mol. The molecule has 5 nitrogen and oxygen atoms in total. The number of aromatic nitrogens is 2. The van der Waals surface area contributed by atoms with Gasteiger partial charge in [-0.3, -0.25) is 9.78 Å². The maximum absolute atomic E-state index is 12.4. The molecule has 0 fully saturated rings. The number of nitrogens with two attached hydrogens (primary N) is 1. The number of nitrogens with one attached hydrogen (secondary N) is 1. The lowest BCUT2D eigenvalue weighted by Crippen LogP contribution is -2.10. The number of hydrogen-bond donors (Lipinski definition) is 2. The molecule has 0 spiro atoms. The van der Waals surface area contributed by atoms with E-state index in [9.17, 15) is 4.79 Å². The van der Waals surface area contributed by atoms with Gasteiger partial charge in [0.15, 0.2) is 0 Å². The molecule has 0 unspecified atom stereocenters. The minimum Gasteiger partial charge on any atom is -0.398 e. The fourth-order valence-electron chi connectivity index (χ4n) is 3.54. The molecule has 0 saturated carbocycles. The Morgan fingerprint density at radius 3 is 2.59 bits per heavy atom. The van der Waals surface area contributed by atoms with Crippen molar-refractivity contribution in [2.24, 2.45) is 0 Å². The van der Waals surface area contributed by atoms with E-state index in [1.54, 1.807) is 18.5 Å². The molecule has 0 bridgehead atoms. The second kappa shape index (κ2) is 9.32. The fourth-order valence-corrected chi connectivity index (χ4v) is 3.54. The number of fused-ring (bicyclic) bond motifs is 1. The molecule has 5 heteroatoms. The third kappa shape index (κ3) is 4.99. The van der Waals surface area contributed by atoms with Gasteiger partial charge in [0.25, 0.3) is 0 Å². The summed E-state index contributed by atoms with van der Waals surface area (Å²) in [6, 6.07) is 7.84. The van der Waals surface area contributed by atoms with Crippen molar-refractivity contribution in [3.8, 4) is 11.1 Å². The first-order chi connectivity index (χ1) is 14.0. The highest BCUT2D eigenvalue weighted by Gasteiger charge is 2.09. The van der Waals surface area contributed by atoms with E-state index < -0.39 is 0 Å². The van der Waals surface area contributed by atoms with E-state index in [-0.39, 0.29) is 5.91 Å². The number of allylic oxidation sites excluding steroid dienone is 1. The molecule has 0 aliphatic rings. The quantitative estimate of drug-likeness (QED) is 0.405. The van der Waals surface area contributed by atoms with Gasteiger partial charge in [-0.15, -0.1) is 0 Å². The molecule has 0 aliphatic carbocycles. The fraction of sp³-hybridized carbons (Fsp3) is 0.292. The van der Waals surface area contributed by atoms with Crippen LogP contribution in [0.1, 0.15) is 45.1 Å². The van der Waals surface area contributed by atoms with Crippen LogP contribution in [0.25, 0.3) is 21.9 Å². The number of pyridine rings is 2. The van der Waals surface area contributed by atoms with E-state index in [0.717, 1.165) is 53.1 Å². The van der Waals surface area contributed by atoms with E-state index >= 15 is 0 Å². The van der Waals surface area contributed by atoms with Crippen molar-refractivity contribution in [1.29, 1.82) is 0 Å². The van der Waals surface area contributed by atoms with Crippen LogP contribution in [-0.4, -0.2) is 15.9 Å². The first-order valence-corrected chi connectivity index (χ1v) is 10.1. The molecule has 3 aromatic rings. The van der Waals surface area contributed by atoms with Crippen molar-refractivity contribution < 1.29 is 4.79 Å². The van der Waals surface area contributed by atoms with Crippen molar-refractivity contribution in [2.45, 2.75) is 46.5 Å². The van der Waals surface area contributed by atoms with Gasteiger partial charge < -0.3 is 11.1 Å². The van der Waals surface area contributed by atoms with Crippen LogP contribution in [0.2, 0.25) is 0 Å². The maximum Gasteiger partial charge on any atom is 0.249 e. The van der Waals surface area contributed by atoms with Crippen molar-refractivity contribution >= 4 is 28.2 Å². The summed E-state index contributed by atoms with van der Waals surface area (Å²) in [5, 5.41) is 4.68. The van der Waals surface area contributed by atoms with Gasteiger partial charge in [-0.05, 0) is 60.5 Å². The average Bonchev–Trinajstić information content (AvgIpc) is 2.68. The zero-order valence-electron chi connectivity index (χ0n) is 17.3. The molecule has 150 valence electrons. The Bertz CT molecular complexity index is 1050. The van der Waals surface area contributed by atoms with Gasteiger partial charge in [0.05, 0.1) is 0 Å². The zero-order chi connectivity index (χ0) is 20.8. The van der Waals surface area contributed by atoms with Crippen LogP contribution >= 0.6 is 0 Å². The molecular weight excluding hydrogens is 360 g/mol. The number of aryl methyl sites for hydroxylation is 1. The van der Waals surface area contributed by atoms with Crippen molar-refractivity contribution in [3.05, 3.63) is 60.1 Å². The highest BCUT2D eigenvalue weighted by molar-refractivity contribution is 6.02. The van der Waals surface area contributed by atoms with Gasteiger partial charge in [-0.25, -0.2) is 4.98 Å². The number of rotatable bonds is 7. The Hall–Kier alpha value is -3.21. The number of carbonyl (C=O) groups excluding carboxylic acids is 1. The summed E-state index contributed by atoms with van der Waals surface area (Å²) >= 11 is 0. The van der Waals surface area contributed by atoms with Crippen molar-refractivity contribution in [1.82, 2.24) is 9.97 Å². The maximum atomic E-state index is 12.4. The van der Waals surface area contributed by atoms with Crippen LogP contribution in [0.15, 0.2) is 54.5 Å². The normalized spacial score (nSPS) is 10.7. The number of nitrogen functional groups attached to an aromatic ring is 1. The van der Waals surface area contributed by atoms with E-state index in [1.165, 1.54) is 5.57 Å². The molecule has 2 aromatic heterocycles. The minimum absolute atomic E-state index is 0.138. The number of hydrogen-bond acceptors (Lipinski definition) is 4. The highest BCUT2D eigenvalue weighted by atomic mass is 16.1. The summed E-state index contributed by atoms with van der Waals surface area (Å²) in [5.74, 6) is 0.381. The van der Waals surface area contributed by atoms with Crippen molar-refractivity contribution in [3.63, 3.8) is 0 Å². The molecule has 29 heavy (non-hydrogen) atoms. The summed E-state index contributed by atoms with van der Waals surface area (Å²) in [4.78, 5) is 21.1. The van der Waals surface area contributed by atoms with E-state index in [0.29, 0.717) is 11.5 Å². The molecule has 1 aromatic carbocycles. The summed E-state index contributed by atoms with van der Waals surface area (Å²) in [6.45, 7) is 6.29. The first kappa shape index (κ1) is 20.5. The minimum atomic E-state index is -0.138. The van der Waals surface area contributed by atoms with Crippen molar-refractivity contribution in [2.75, 3.05) is 11.1 Å². The van der Waals surface area contributed by atoms with Crippen LogP contribution in [0, 0.1) is 6.92 Å². The molecule has 3 N–H and O–H groups in total. The zero-order valence-corrected chi connectivity index (χ0v) is 17.3. The lowest BCUT2D eigenvalue weighted by Gasteiger charge is -2.11. The summed E-state index contributed by atoms with van der Waals surface area (Å²) in [6.07, 6.45) is 11.0. The second-order valence-electron chi connectivity index (χ2n) is 7.34. The van der Waals surface area contributed by atoms with Gasteiger partial charge in [0.1, 0.15) is 5.82 Å². The molecule has 0 atom stereocenters. The second-order valence-corrected chi connectivity index (χ2v) is 7.34. The SMILES string of the molecule is CCCC(=CC(=O)Nc1cc2cc(-c3cnccc3C)cc(N)c2cn1)CCC. The summed E-state index contributed by atoms with van der Waals surface area (Å²) in [5.41, 5.74) is 11.3. The lowest BCUT2D eigenvalue weighted by atomic mass is 9.99. The van der Waals surface area contributed by atoms with Crippen LogP contribution < -0.4 is 11.1 Å². The monoisotopic (exact) mass is 388 g/mol. The molecule has 0 saturated heterocycles. The predicted molar refractivity (Wildman–Crippen MR) is 121 cm³/mol. The number of benzene rings is 1. The Morgan fingerprint density at radius 1 is 1.14 bits per heavy atom. The first-order valence-electron chi connectivity index (χ1n) is 10.1.